The molecule has 0 aliphatic heterocycles. The fourth-order valence-corrected chi connectivity index (χ4v) is 5.84. The number of benzene rings is 2. The van der Waals surface area contributed by atoms with Crippen LogP contribution >= 0.6 is 7.60 Å². The Bertz CT molecular complexity index is 737. The zero-order chi connectivity index (χ0) is 23.8. The average Bonchev–Trinajstić information content (AvgIpc) is 2.87. The summed E-state index contributed by atoms with van der Waals surface area (Å²) in [6, 6.07) is 20.5. The molecule has 184 valence electrons. The molecule has 0 saturated heterocycles. The smallest absolute Gasteiger partial charge is 0.311 e. The third-order valence-electron chi connectivity index (χ3n) is 6.35. The molecule has 0 fully saturated rings. The van der Waals surface area contributed by atoms with Crippen molar-refractivity contribution in [3.05, 3.63) is 71.8 Å². The Morgan fingerprint density at radius 3 is 1.55 bits per heavy atom. The van der Waals surface area contributed by atoms with Crippen LogP contribution in [0.1, 0.15) is 94.7 Å². The molecule has 0 unspecified atom stereocenters. The van der Waals surface area contributed by atoms with Crippen LogP contribution in [0.3, 0.4) is 0 Å². The molecular formula is C28H44NO3P. The SMILES string of the molecule is CCCCCCCCCCCC[C@@H](NC(c1ccccc1)c1ccccc1)P(=O)(OC)OC. The monoisotopic (exact) mass is 473 g/mol. The largest absolute Gasteiger partial charge is 0.346 e. The van der Waals surface area contributed by atoms with Gasteiger partial charge in [-0.25, -0.2) is 0 Å². The summed E-state index contributed by atoms with van der Waals surface area (Å²) in [5.41, 5.74) is 2.27. The topological polar surface area (TPSA) is 47.6 Å². The first kappa shape index (κ1) is 27.8. The molecular weight excluding hydrogens is 429 g/mol. The predicted molar refractivity (Wildman–Crippen MR) is 140 cm³/mol. The standard InChI is InChI=1S/C28H44NO3P/c1-4-5-6-7-8-9-10-11-12-19-24-27(33(30,31-2)32-3)29-28(25-20-15-13-16-21-25)26-22-17-14-18-23-26/h13-18,20-23,27-29H,4-12,19,24H2,1-3H3/t27-/m0/s1. The van der Waals surface area contributed by atoms with Crippen LogP contribution in [0.25, 0.3) is 0 Å². The summed E-state index contributed by atoms with van der Waals surface area (Å²) in [5, 5.41) is 3.65. The van der Waals surface area contributed by atoms with Crippen molar-refractivity contribution in [3.63, 3.8) is 0 Å². The fourth-order valence-electron chi connectivity index (χ4n) is 4.36. The van der Waals surface area contributed by atoms with E-state index in [2.05, 4.69) is 36.5 Å². The summed E-state index contributed by atoms with van der Waals surface area (Å²) in [5.74, 6) is -0.369. The maximum Gasteiger partial charge on any atom is 0.346 e. The van der Waals surface area contributed by atoms with Gasteiger partial charge in [0, 0.05) is 14.2 Å². The number of unbranched alkanes of at least 4 members (excludes halogenated alkanes) is 9. The molecule has 2 aromatic carbocycles. The highest BCUT2D eigenvalue weighted by Gasteiger charge is 2.35. The molecule has 0 spiro atoms. The quantitative estimate of drug-likeness (QED) is 0.174. The van der Waals surface area contributed by atoms with Gasteiger partial charge in [0.2, 0.25) is 0 Å². The van der Waals surface area contributed by atoms with Gasteiger partial charge in [-0.2, -0.15) is 0 Å². The molecule has 2 rings (SSSR count). The van der Waals surface area contributed by atoms with Gasteiger partial charge in [-0.3, -0.25) is 9.88 Å². The van der Waals surface area contributed by atoms with Gasteiger partial charge in [0.1, 0.15) is 5.78 Å². The number of hydrogen-bond acceptors (Lipinski definition) is 4. The van der Waals surface area contributed by atoms with Gasteiger partial charge in [0.05, 0.1) is 6.04 Å². The Morgan fingerprint density at radius 2 is 1.12 bits per heavy atom. The van der Waals surface area contributed by atoms with Crippen LogP contribution in [0, 0.1) is 0 Å². The molecule has 0 aliphatic carbocycles. The van der Waals surface area contributed by atoms with E-state index in [1.807, 2.05) is 36.4 Å². The van der Waals surface area contributed by atoms with E-state index in [1.165, 1.54) is 65.6 Å². The van der Waals surface area contributed by atoms with Crippen LogP contribution < -0.4 is 5.32 Å². The maximum atomic E-state index is 13.4. The first-order chi connectivity index (χ1) is 16.1. The third-order valence-corrected chi connectivity index (χ3v) is 8.54. The van der Waals surface area contributed by atoms with Crippen molar-refractivity contribution in [2.24, 2.45) is 0 Å². The van der Waals surface area contributed by atoms with E-state index in [4.69, 9.17) is 9.05 Å². The Morgan fingerprint density at radius 1 is 0.697 bits per heavy atom. The second kappa shape index (κ2) is 16.2. The number of rotatable bonds is 18. The fraction of sp³-hybridized carbons (Fsp3) is 0.571. The highest BCUT2D eigenvalue weighted by molar-refractivity contribution is 7.54. The lowest BCUT2D eigenvalue weighted by Gasteiger charge is -2.30. The van der Waals surface area contributed by atoms with Gasteiger partial charge in [0.25, 0.3) is 0 Å². The van der Waals surface area contributed by atoms with Crippen LogP contribution in [0.5, 0.6) is 0 Å². The summed E-state index contributed by atoms with van der Waals surface area (Å²) in [7, 11) is -0.307. The summed E-state index contributed by atoms with van der Waals surface area (Å²) in [4.78, 5) is 0. The van der Waals surface area contributed by atoms with Crippen molar-refractivity contribution < 1.29 is 13.6 Å². The molecule has 0 heterocycles. The predicted octanol–water partition coefficient (Wildman–Crippen LogP) is 8.49. The zero-order valence-electron chi connectivity index (χ0n) is 20.9. The van der Waals surface area contributed by atoms with Crippen molar-refractivity contribution in [1.29, 1.82) is 0 Å². The number of nitrogens with one attached hydrogen (secondary N) is 1. The lowest BCUT2D eigenvalue weighted by molar-refractivity contribution is 0.253. The molecule has 4 nitrogen and oxygen atoms in total. The van der Waals surface area contributed by atoms with Crippen LogP contribution in [-0.4, -0.2) is 20.0 Å². The highest BCUT2D eigenvalue weighted by atomic mass is 31.2. The number of hydrogen-bond donors (Lipinski definition) is 1. The van der Waals surface area contributed by atoms with Gasteiger partial charge in [-0.05, 0) is 17.5 Å². The van der Waals surface area contributed by atoms with Gasteiger partial charge in [0.15, 0.2) is 0 Å². The molecule has 33 heavy (non-hydrogen) atoms. The van der Waals surface area contributed by atoms with E-state index >= 15 is 0 Å². The van der Waals surface area contributed by atoms with Crippen molar-refractivity contribution in [3.8, 4) is 0 Å². The Balaban J connectivity index is 1.98. The van der Waals surface area contributed by atoms with Gasteiger partial charge < -0.3 is 9.05 Å². The van der Waals surface area contributed by atoms with Gasteiger partial charge >= 0.3 is 7.60 Å². The summed E-state index contributed by atoms with van der Waals surface area (Å²) in [6.45, 7) is 2.26. The summed E-state index contributed by atoms with van der Waals surface area (Å²) < 4.78 is 24.3. The van der Waals surface area contributed by atoms with E-state index in [0.29, 0.717) is 0 Å². The van der Waals surface area contributed by atoms with Crippen molar-refractivity contribution in [1.82, 2.24) is 5.32 Å². The average molecular weight is 474 g/mol. The lowest BCUT2D eigenvalue weighted by Crippen LogP contribution is -2.34. The van der Waals surface area contributed by atoms with Gasteiger partial charge in [-0.1, -0.05) is 132 Å². The van der Waals surface area contributed by atoms with Crippen LogP contribution in [-0.2, 0) is 13.6 Å². The van der Waals surface area contributed by atoms with Crippen molar-refractivity contribution in [2.75, 3.05) is 14.2 Å². The maximum absolute atomic E-state index is 13.4. The van der Waals surface area contributed by atoms with E-state index in [1.54, 1.807) is 0 Å². The Hall–Kier alpha value is -1.45. The minimum atomic E-state index is -3.27. The molecule has 0 radical (unpaired) electrons. The molecule has 0 aromatic heterocycles. The first-order valence-corrected chi connectivity index (χ1v) is 14.3. The molecule has 0 saturated carbocycles. The first-order valence-electron chi connectivity index (χ1n) is 12.7. The minimum absolute atomic E-state index is 0.0841. The van der Waals surface area contributed by atoms with Crippen LogP contribution in [0.2, 0.25) is 0 Å². The second-order valence-corrected chi connectivity index (χ2v) is 11.2. The molecule has 2 aromatic rings. The molecule has 5 heteroatoms. The second-order valence-electron chi connectivity index (χ2n) is 8.81. The summed E-state index contributed by atoms with van der Waals surface area (Å²) in [6.07, 6.45) is 13.5. The molecule has 0 aliphatic rings. The van der Waals surface area contributed by atoms with Crippen LogP contribution in [0.4, 0.5) is 0 Å². The molecule has 1 N–H and O–H groups in total. The molecule has 1 atom stereocenters. The van der Waals surface area contributed by atoms with Crippen molar-refractivity contribution >= 4 is 7.60 Å². The van der Waals surface area contributed by atoms with Crippen molar-refractivity contribution in [2.45, 2.75) is 89.4 Å². The Kier molecular flexibility index (Phi) is 13.7. The Labute approximate surface area is 202 Å². The minimum Gasteiger partial charge on any atom is -0.311 e. The van der Waals surface area contributed by atoms with E-state index in [-0.39, 0.29) is 11.8 Å². The summed E-state index contributed by atoms with van der Waals surface area (Å²) >= 11 is 0. The van der Waals surface area contributed by atoms with Crippen LogP contribution in [0.15, 0.2) is 60.7 Å². The van der Waals surface area contributed by atoms with Gasteiger partial charge in [-0.15, -0.1) is 0 Å². The molecule has 0 amide bonds. The lowest BCUT2D eigenvalue weighted by atomic mass is 9.98. The van der Waals surface area contributed by atoms with E-state index < -0.39 is 7.60 Å². The van der Waals surface area contributed by atoms with E-state index in [9.17, 15) is 4.57 Å². The zero-order valence-corrected chi connectivity index (χ0v) is 21.8. The normalized spacial score (nSPS) is 12.8. The molecule has 0 bridgehead atoms. The van der Waals surface area contributed by atoms with E-state index in [0.717, 1.165) is 30.4 Å². The third kappa shape index (κ3) is 9.74. The highest BCUT2D eigenvalue weighted by Crippen LogP contribution is 2.53.